The van der Waals surface area contributed by atoms with Crippen molar-refractivity contribution in [3.8, 4) is 0 Å². The third-order valence-electron chi connectivity index (χ3n) is 3.82. The number of piperidine rings is 1. The van der Waals surface area contributed by atoms with Gasteiger partial charge in [0.1, 0.15) is 5.82 Å². The highest BCUT2D eigenvalue weighted by Gasteiger charge is 2.28. The van der Waals surface area contributed by atoms with Crippen molar-refractivity contribution in [2.24, 2.45) is 0 Å². The first-order valence-corrected chi connectivity index (χ1v) is 7.43. The maximum absolute atomic E-state index is 10.1. The lowest BCUT2D eigenvalue weighted by Gasteiger charge is -2.37. The fourth-order valence-electron chi connectivity index (χ4n) is 2.41. The van der Waals surface area contributed by atoms with E-state index in [0.717, 1.165) is 38.3 Å². The summed E-state index contributed by atoms with van der Waals surface area (Å²) in [5, 5.41) is 13.6. The molecule has 1 aromatic rings. The molecule has 112 valence electrons. The number of aliphatic hydroxyl groups is 1. The number of aromatic nitrogens is 1. The summed E-state index contributed by atoms with van der Waals surface area (Å²) in [6.45, 7) is 11.0. The van der Waals surface area contributed by atoms with Crippen LogP contribution in [0.15, 0.2) is 18.3 Å². The van der Waals surface area contributed by atoms with Crippen LogP contribution >= 0.6 is 0 Å². The van der Waals surface area contributed by atoms with Crippen LogP contribution in [0.4, 0.5) is 5.82 Å². The first-order chi connectivity index (χ1) is 9.27. The van der Waals surface area contributed by atoms with Crippen LogP contribution in [-0.2, 0) is 6.54 Å². The van der Waals surface area contributed by atoms with Gasteiger partial charge in [-0.05, 0) is 46.6 Å². The maximum Gasteiger partial charge on any atom is 0.133 e. The lowest BCUT2D eigenvalue weighted by Crippen LogP contribution is -2.43. The van der Waals surface area contributed by atoms with Gasteiger partial charge in [0.15, 0.2) is 0 Å². The van der Waals surface area contributed by atoms with Crippen molar-refractivity contribution in [3.05, 3.63) is 23.9 Å². The van der Waals surface area contributed by atoms with Crippen molar-refractivity contribution in [2.75, 3.05) is 18.0 Å². The third kappa shape index (κ3) is 4.18. The summed E-state index contributed by atoms with van der Waals surface area (Å²) in [7, 11) is 0. The maximum atomic E-state index is 10.1. The average molecular weight is 277 g/mol. The summed E-state index contributed by atoms with van der Waals surface area (Å²) >= 11 is 0. The Morgan fingerprint density at radius 3 is 2.60 bits per heavy atom. The summed E-state index contributed by atoms with van der Waals surface area (Å²) in [5.41, 5.74) is 0.803. The summed E-state index contributed by atoms with van der Waals surface area (Å²) in [4.78, 5) is 6.84. The Balaban J connectivity index is 2.08. The van der Waals surface area contributed by atoms with Crippen molar-refractivity contribution in [1.82, 2.24) is 10.3 Å². The number of nitrogens with one attached hydrogen (secondary N) is 1. The molecule has 4 heteroatoms. The quantitative estimate of drug-likeness (QED) is 0.890. The molecule has 1 aromatic heterocycles. The van der Waals surface area contributed by atoms with Crippen molar-refractivity contribution in [1.29, 1.82) is 0 Å². The predicted molar refractivity (Wildman–Crippen MR) is 82.9 cm³/mol. The predicted octanol–water partition coefficient (Wildman–Crippen LogP) is 2.32. The van der Waals surface area contributed by atoms with Crippen molar-refractivity contribution in [3.63, 3.8) is 0 Å². The van der Waals surface area contributed by atoms with Crippen molar-refractivity contribution < 1.29 is 5.11 Å². The topological polar surface area (TPSA) is 48.4 Å². The molecule has 2 heterocycles. The van der Waals surface area contributed by atoms with E-state index in [9.17, 15) is 5.11 Å². The van der Waals surface area contributed by atoms with Crippen LogP contribution in [-0.4, -0.2) is 34.3 Å². The van der Waals surface area contributed by atoms with E-state index in [1.54, 1.807) is 0 Å². The molecule has 20 heavy (non-hydrogen) atoms. The number of rotatable bonds is 3. The summed E-state index contributed by atoms with van der Waals surface area (Å²) in [5.74, 6) is 1.06. The van der Waals surface area contributed by atoms with Gasteiger partial charge in [-0.25, -0.2) is 4.98 Å². The number of anilines is 1. The average Bonchev–Trinajstić information content (AvgIpc) is 2.36. The van der Waals surface area contributed by atoms with Crippen LogP contribution in [0, 0.1) is 0 Å². The molecule has 0 spiro atoms. The molecule has 0 amide bonds. The van der Waals surface area contributed by atoms with Gasteiger partial charge in [-0.1, -0.05) is 6.07 Å². The second kappa shape index (κ2) is 5.70. The second-order valence-electron chi connectivity index (χ2n) is 7.07. The van der Waals surface area contributed by atoms with E-state index in [2.05, 4.69) is 42.0 Å². The number of hydrogen-bond donors (Lipinski definition) is 2. The Hall–Kier alpha value is -1.13. The van der Waals surface area contributed by atoms with Gasteiger partial charge in [0.05, 0.1) is 5.60 Å². The standard InChI is InChI=1S/C16H27N3O/c1-15(2,3)18-12-13-6-5-9-17-14(13)19-10-7-16(4,20)8-11-19/h5-6,9,18,20H,7-8,10-12H2,1-4H3. The largest absolute Gasteiger partial charge is 0.390 e. The number of hydrogen-bond acceptors (Lipinski definition) is 4. The van der Waals surface area contributed by atoms with Crippen LogP contribution < -0.4 is 10.2 Å². The van der Waals surface area contributed by atoms with Gasteiger partial charge in [0, 0.05) is 36.9 Å². The molecular formula is C16H27N3O. The minimum atomic E-state index is -0.519. The lowest BCUT2D eigenvalue weighted by molar-refractivity contribution is 0.0350. The second-order valence-corrected chi connectivity index (χ2v) is 7.07. The zero-order valence-corrected chi connectivity index (χ0v) is 13.1. The monoisotopic (exact) mass is 277 g/mol. The zero-order valence-electron chi connectivity index (χ0n) is 13.1. The Labute approximate surface area is 122 Å². The van der Waals surface area contributed by atoms with Gasteiger partial charge in [-0.3, -0.25) is 0 Å². The minimum absolute atomic E-state index is 0.0959. The summed E-state index contributed by atoms with van der Waals surface area (Å²) in [6, 6.07) is 4.12. The van der Waals surface area contributed by atoms with E-state index in [0.29, 0.717) is 0 Å². The summed E-state index contributed by atoms with van der Waals surface area (Å²) in [6.07, 6.45) is 3.45. The van der Waals surface area contributed by atoms with Crippen LogP contribution in [0.1, 0.15) is 46.1 Å². The van der Waals surface area contributed by atoms with E-state index < -0.39 is 5.60 Å². The van der Waals surface area contributed by atoms with E-state index >= 15 is 0 Å². The van der Waals surface area contributed by atoms with E-state index in [4.69, 9.17) is 0 Å². The molecule has 4 nitrogen and oxygen atoms in total. The normalized spacial score (nSPS) is 19.1. The van der Waals surface area contributed by atoms with Gasteiger partial charge in [-0.15, -0.1) is 0 Å². The van der Waals surface area contributed by atoms with Crippen LogP contribution in [0.3, 0.4) is 0 Å². The fraction of sp³-hybridized carbons (Fsp3) is 0.688. The Bertz CT molecular complexity index is 441. The van der Waals surface area contributed by atoms with E-state index in [1.807, 2.05) is 19.2 Å². The van der Waals surface area contributed by atoms with Crippen molar-refractivity contribution >= 4 is 5.82 Å². The Morgan fingerprint density at radius 2 is 2.00 bits per heavy atom. The SMILES string of the molecule is CC1(O)CCN(c2ncccc2CNC(C)(C)C)CC1. The Kier molecular flexibility index (Phi) is 4.35. The molecular weight excluding hydrogens is 250 g/mol. The van der Waals surface area contributed by atoms with Crippen LogP contribution in [0.2, 0.25) is 0 Å². The van der Waals surface area contributed by atoms with Gasteiger partial charge in [0.2, 0.25) is 0 Å². The fourth-order valence-corrected chi connectivity index (χ4v) is 2.41. The zero-order chi connectivity index (χ0) is 14.8. The molecule has 2 N–H and O–H groups in total. The molecule has 0 bridgehead atoms. The highest BCUT2D eigenvalue weighted by atomic mass is 16.3. The molecule has 1 aliphatic rings. The van der Waals surface area contributed by atoms with Crippen LogP contribution in [0.25, 0.3) is 0 Å². The molecule has 0 unspecified atom stereocenters. The molecule has 0 atom stereocenters. The smallest absolute Gasteiger partial charge is 0.133 e. The van der Waals surface area contributed by atoms with Gasteiger partial charge in [0.25, 0.3) is 0 Å². The minimum Gasteiger partial charge on any atom is -0.390 e. The molecule has 1 aliphatic heterocycles. The van der Waals surface area contributed by atoms with Gasteiger partial charge < -0.3 is 15.3 Å². The molecule has 0 saturated carbocycles. The van der Waals surface area contributed by atoms with Crippen LogP contribution in [0.5, 0.6) is 0 Å². The lowest BCUT2D eigenvalue weighted by atomic mass is 9.93. The summed E-state index contributed by atoms with van der Waals surface area (Å²) < 4.78 is 0. The van der Waals surface area contributed by atoms with Gasteiger partial charge >= 0.3 is 0 Å². The highest BCUT2D eigenvalue weighted by Crippen LogP contribution is 2.26. The number of pyridine rings is 1. The molecule has 0 aliphatic carbocycles. The molecule has 1 fully saturated rings. The third-order valence-corrected chi connectivity index (χ3v) is 3.82. The van der Waals surface area contributed by atoms with E-state index in [1.165, 1.54) is 5.56 Å². The highest BCUT2D eigenvalue weighted by molar-refractivity contribution is 5.47. The molecule has 0 aromatic carbocycles. The molecule has 2 rings (SSSR count). The number of nitrogens with zero attached hydrogens (tertiary/aromatic N) is 2. The van der Waals surface area contributed by atoms with E-state index in [-0.39, 0.29) is 5.54 Å². The first kappa shape index (κ1) is 15.3. The first-order valence-electron chi connectivity index (χ1n) is 7.43. The van der Waals surface area contributed by atoms with Crippen molar-refractivity contribution in [2.45, 2.75) is 58.2 Å². The molecule has 1 saturated heterocycles. The molecule has 0 radical (unpaired) electrons. The van der Waals surface area contributed by atoms with Gasteiger partial charge in [-0.2, -0.15) is 0 Å². The Morgan fingerprint density at radius 1 is 1.35 bits per heavy atom.